The lowest BCUT2D eigenvalue weighted by molar-refractivity contribution is 0.0979. The van der Waals surface area contributed by atoms with Gasteiger partial charge in [0.05, 0.1) is 0 Å². The second-order valence-corrected chi connectivity index (χ2v) is 5.84. The molecule has 0 saturated heterocycles. The number of Topliss-reactive ketones (excluding diaryl/α,β-unsaturated/α-hetero) is 1. The Morgan fingerprint density at radius 2 is 1.95 bits per heavy atom. The third-order valence-electron chi connectivity index (χ3n) is 4.29. The van der Waals surface area contributed by atoms with Crippen molar-refractivity contribution in [2.45, 2.75) is 70.6 Å². The van der Waals surface area contributed by atoms with Gasteiger partial charge in [0.25, 0.3) is 0 Å². The van der Waals surface area contributed by atoms with Crippen molar-refractivity contribution in [1.82, 2.24) is 0 Å². The fraction of sp³-hybridized carbons (Fsp3) is 0.611. The van der Waals surface area contributed by atoms with Gasteiger partial charge in [-0.3, -0.25) is 4.79 Å². The topological polar surface area (TPSA) is 17.1 Å². The van der Waals surface area contributed by atoms with Crippen molar-refractivity contribution in [3.8, 4) is 0 Å². The number of ketones is 1. The van der Waals surface area contributed by atoms with Gasteiger partial charge >= 0.3 is 0 Å². The molecule has 104 valence electrons. The zero-order valence-corrected chi connectivity index (χ0v) is 12.2. The summed E-state index contributed by atoms with van der Waals surface area (Å²) in [4.78, 5) is 12.2. The van der Waals surface area contributed by atoms with Crippen LogP contribution in [0.15, 0.2) is 24.3 Å². The first-order valence-electron chi connectivity index (χ1n) is 7.94. The van der Waals surface area contributed by atoms with Crippen molar-refractivity contribution < 1.29 is 4.79 Å². The number of carbonyl (C=O) groups is 1. The highest BCUT2D eigenvalue weighted by molar-refractivity contribution is 5.96. The lowest BCUT2D eigenvalue weighted by atomic mass is 9.79. The summed E-state index contributed by atoms with van der Waals surface area (Å²) >= 11 is 0. The largest absolute Gasteiger partial charge is 0.294 e. The predicted octanol–water partition coefficient (Wildman–Crippen LogP) is 5.50. The van der Waals surface area contributed by atoms with Gasteiger partial charge in [0, 0.05) is 12.0 Å². The summed E-state index contributed by atoms with van der Waals surface area (Å²) in [6.45, 7) is 2.22. The molecular formula is C18H26O. The van der Waals surface area contributed by atoms with Crippen molar-refractivity contribution in [2.75, 3.05) is 0 Å². The van der Waals surface area contributed by atoms with E-state index in [1.54, 1.807) is 0 Å². The summed E-state index contributed by atoms with van der Waals surface area (Å²) < 4.78 is 0. The lowest BCUT2D eigenvalue weighted by Crippen LogP contribution is -2.09. The van der Waals surface area contributed by atoms with E-state index in [1.165, 1.54) is 50.5 Å². The first kappa shape index (κ1) is 14.3. The van der Waals surface area contributed by atoms with Crippen molar-refractivity contribution in [3.05, 3.63) is 35.4 Å². The van der Waals surface area contributed by atoms with Crippen LogP contribution in [0.25, 0.3) is 0 Å². The zero-order valence-electron chi connectivity index (χ0n) is 12.2. The van der Waals surface area contributed by atoms with E-state index in [0.717, 1.165) is 24.3 Å². The summed E-state index contributed by atoms with van der Waals surface area (Å²) in [5.41, 5.74) is 2.31. The van der Waals surface area contributed by atoms with Crippen LogP contribution in [-0.2, 0) is 0 Å². The molecular weight excluding hydrogens is 232 g/mol. The first-order valence-corrected chi connectivity index (χ1v) is 7.94. The minimum absolute atomic E-state index is 0.331. The van der Waals surface area contributed by atoms with E-state index in [4.69, 9.17) is 0 Å². The second kappa shape index (κ2) is 7.47. The second-order valence-electron chi connectivity index (χ2n) is 5.84. The number of rotatable bonds is 8. The van der Waals surface area contributed by atoms with Crippen molar-refractivity contribution in [2.24, 2.45) is 0 Å². The average Bonchev–Trinajstić information content (AvgIpc) is 2.36. The molecule has 1 aliphatic carbocycles. The standard InChI is InChI=1S/C18H26O/c1-2-3-4-5-6-13-18(19)17-12-8-11-16(14-17)15-9-7-10-15/h8,11-12,14-15H,2-7,9-10,13H2,1H3. The fourth-order valence-electron chi connectivity index (χ4n) is 2.74. The average molecular weight is 258 g/mol. The highest BCUT2D eigenvalue weighted by Crippen LogP contribution is 2.36. The van der Waals surface area contributed by atoms with Gasteiger partial charge in [0.2, 0.25) is 0 Å². The van der Waals surface area contributed by atoms with E-state index in [-0.39, 0.29) is 0 Å². The van der Waals surface area contributed by atoms with Gasteiger partial charge in [0.15, 0.2) is 5.78 Å². The predicted molar refractivity (Wildman–Crippen MR) is 80.7 cm³/mol. The van der Waals surface area contributed by atoms with Crippen LogP contribution < -0.4 is 0 Å². The Morgan fingerprint density at radius 1 is 1.16 bits per heavy atom. The molecule has 0 aromatic heterocycles. The molecule has 0 bridgehead atoms. The summed E-state index contributed by atoms with van der Waals surface area (Å²) in [5.74, 6) is 1.05. The smallest absolute Gasteiger partial charge is 0.162 e. The lowest BCUT2D eigenvalue weighted by Gasteiger charge is -2.26. The molecule has 1 nitrogen and oxygen atoms in total. The van der Waals surface area contributed by atoms with Gasteiger partial charge < -0.3 is 0 Å². The molecule has 1 aliphatic rings. The number of hydrogen-bond donors (Lipinski definition) is 0. The Bertz CT molecular complexity index is 404. The molecule has 1 saturated carbocycles. The van der Waals surface area contributed by atoms with Crippen molar-refractivity contribution >= 4 is 5.78 Å². The number of carbonyl (C=O) groups excluding carboxylic acids is 1. The first-order chi connectivity index (χ1) is 9.31. The Morgan fingerprint density at radius 3 is 2.63 bits per heavy atom. The fourth-order valence-corrected chi connectivity index (χ4v) is 2.74. The van der Waals surface area contributed by atoms with Gasteiger partial charge in [-0.15, -0.1) is 0 Å². The van der Waals surface area contributed by atoms with Crippen molar-refractivity contribution in [1.29, 1.82) is 0 Å². The molecule has 1 fully saturated rings. The molecule has 0 N–H and O–H groups in total. The number of unbranched alkanes of at least 4 members (excludes halogenated alkanes) is 4. The van der Waals surface area contributed by atoms with Crippen LogP contribution >= 0.6 is 0 Å². The molecule has 19 heavy (non-hydrogen) atoms. The summed E-state index contributed by atoms with van der Waals surface area (Å²) in [7, 11) is 0. The molecule has 0 spiro atoms. The quantitative estimate of drug-likeness (QED) is 0.444. The van der Waals surface area contributed by atoms with E-state index < -0.39 is 0 Å². The zero-order chi connectivity index (χ0) is 13.5. The van der Waals surface area contributed by atoms with E-state index in [2.05, 4.69) is 25.1 Å². The van der Waals surface area contributed by atoms with Crippen LogP contribution in [0.3, 0.4) is 0 Å². The van der Waals surface area contributed by atoms with Crippen LogP contribution in [0.5, 0.6) is 0 Å². The van der Waals surface area contributed by atoms with Crippen LogP contribution in [0, 0.1) is 0 Å². The van der Waals surface area contributed by atoms with E-state index in [9.17, 15) is 4.79 Å². The van der Waals surface area contributed by atoms with Crippen LogP contribution in [-0.4, -0.2) is 5.78 Å². The van der Waals surface area contributed by atoms with Crippen molar-refractivity contribution in [3.63, 3.8) is 0 Å². The Balaban J connectivity index is 1.81. The van der Waals surface area contributed by atoms with E-state index in [1.807, 2.05) is 6.07 Å². The monoisotopic (exact) mass is 258 g/mol. The maximum Gasteiger partial charge on any atom is 0.162 e. The van der Waals surface area contributed by atoms with Gasteiger partial charge in [-0.2, -0.15) is 0 Å². The van der Waals surface area contributed by atoms with E-state index >= 15 is 0 Å². The molecule has 0 heterocycles. The highest BCUT2D eigenvalue weighted by atomic mass is 16.1. The molecule has 0 unspecified atom stereocenters. The van der Waals surface area contributed by atoms with E-state index in [0.29, 0.717) is 5.78 Å². The van der Waals surface area contributed by atoms with Gasteiger partial charge in [0.1, 0.15) is 0 Å². The van der Waals surface area contributed by atoms with Gasteiger partial charge in [-0.05, 0) is 36.8 Å². The molecule has 1 aromatic rings. The van der Waals surface area contributed by atoms with Crippen LogP contribution in [0.2, 0.25) is 0 Å². The third kappa shape index (κ3) is 4.19. The van der Waals surface area contributed by atoms with Gasteiger partial charge in [-0.1, -0.05) is 57.2 Å². The maximum atomic E-state index is 12.2. The Hall–Kier alpha value is -1.11. The van der Waals surface area contributed by atoms with Crippen LogP contribution in [0.1, 0.15) is 86.6 Å². The summed E-state index contributed by atoms with van der Waals surface area (Å²) in [5, 5.41) is 0. The van der Waals surface area contributed by atoms with Crippen LogP contribution in [0.4, 0.5) is 0 Å². The molecule has 0 aliphatic heterocycles. The molecule has 2 rings (SSSR count). The summed E-state index contributed by atoms with van der Waals surface area (Å²) in [6, 6.07) is 8.36. The minimum atomic E-state index is 0.331. The maximum absolute atomic E-state index is 12.2. The molecule has 1 aromatic carbocycles. The number of benzene rings is 1. The minimum Gasteiger partial charge on any atom is -0.294 e. The Labute approximate surface area is 117 Å². The molecule has 1 heteroatoms. The Kier molecular flexibility index (Phi) is 5.62. The normalized spacial score (nSPS) is 15.2. The van der Waals surface area contributed by atoms with Gasteiger partial charge in [-0.25, -0.2) is 0 Å². The number of hydrogen-bond acceptors (Lipinski definition) is 1. The molecule has 0 amide bonds. The molecule has 0 atom stereocenters. The molecule has 0 radical (unpaired) electrons. The summed E-state index contributed by atoms with van der Waals surface area (Å²) in [6.07, 6.45) is 10.7. The highest BCUT2D eigenvalue weighted by Gasteiger charge is 2.20. The third-order valence-corrected chi connectivity index (χ3v) is 4.29. The SMILES string of the molecule is CCCCCCCC(=O)c1cccc(C2CCC2)c1.